The lowest BCUT2D eigenvalue weighted by molar-refractivity contribution is -0.159. The van der Waals surface area contributed by atoms with Crippen molar-refractivity contribution in [1.82, 2.24) is 10.3 Å². The Morgan fingerprint density at radius 3 is 2.33 bits per heavy atom. The average Bonchev–Trinajstić information content (AvgIpc) is 3.63. The Bertz CT molecular complexity index is 1500. The van der Waals surface area contributed by atoms with E-state index in [2.05, 4.69) is 34.6 Å². The lowest BCUT2D eigenvalue weighted by atomic mass is 9.98. The van der Waals surface area contributed by atoms with Crippen LogP contribution in [0, 0.1) is 0 Å². The molecule has 0 unspecified atom stereocenters. The van der Waals surface area contributed by atoms with Gasteiger partial charge in [-0.25, -0.2) is 9.59 Å². The molecule has 206 valence electrons. The Labute approximate surface area is 232 Å². The lowest BCUT2D eigenvalue weighted by Gasteiger charge is -2.20. The Kier molecular flexibility index (Phi) is 7.04. The van der Waals surface area contributed by atoms with Crippen molar-refractivity contribution in [2.75, 3.05) is 19.8 Å². The summed E-state index contributed by atoms with van der Waals surface area (Å²) >= 11 is 0. The van der Waals surface area contributed by atoms with Crippen molar-refractivity contribution in [3.8, 4) is 11.1 Å². The second kappa shape index (κ2) is 10.8. The molecule has 1 fully saturated rings. The fraction of sp³-hybridized carbons (Fsp3) is 0.312. The van der Waals surface area contributed by atoms with Gasteiger partial charge in [0, 0.05) is 29.4 Å². The van der Waals surface area contributed by atoms with Crippen molar-refractivity contribution in [2.45, 2.75) is 44.1 Å². The van der Waals surface area contributed by atoms with Gasteiger partial charge in [0.25, 0.3) is 0 Å². The van der Waals surface area contributed by atoms with Crippen LogP contribution in [0.1, 0.15) is 36.5 Å². The quantitative estimate of drug-likeness (QED) is 0.294. The number of nitrogens with one attached hydrogen (secondary N) is 2. The molecule has 8 nitrogen and oxygen atoms in total. The molecule has 1 aliphatic carbocycles. The number of H-pyrrole nitrogens is 1. The zero-order valence-electron chi connectivity index (χ0n) is 22.5. The number of aromatic nitrogens is 1. The Morgan fingerprint density at radius 2 is 1.62 bits per heavy atom. The standard InChI is InChI=1S/C32H32N2O6/c1-32(2)39-18-21(40-32)17-37-30(35)29(15-20-16-33-28-14-8-7-9-22(20)28)34-31(36)38-19-27-25-12-5-3-10-23(25)24-11-4-6-13-26(24)27/h3-14,16,21,27,29,33H,15,17-19H2,1-2H3,(H,34,36)/t21-,29+/m1/s1. The first-order valence-electron chi connectivity index (χ1n) is 13.5. The second-order valence-electron chi connectivity index (χ2n) is 10.7. The topological polar surface area (TPSA) is 98.9 Å². The molecule has 2 aliphatic rings. The molecular formula is C32H32N2O6. The number of benzene rings is 3. The molecule has 2 N–H and O–H groups in total. The van der Waals surface area contributed by atoms with Gasteiger partial charge in [-0.1, -0.05) is 66.7 Å². The minimum absolute atomic E-state index is 0.0268. The molecule has 0 bridgehead atoms. The van der Waals surface area contributed by atoms with Crippen LogP contribution in [0.25, 0.3) is 22.0 Å². The van der Waals surface area contributed by atoms with Gasteiger partial charge in [0.15, 0.2) is 5.79 Å². The molecule has 3 aromatic carbocycles. The summed E-state index contributed by atoms with van der Waals surface area (Å²) in [6.45, 7) is 4.13. The molecule has 0 radical (unpaired) electrons. The van der Waals surface area contributed by atoms with Gasteiger partial charge < -0.3 is 29.2 Å². The van der Waals surface area contributed by atoms with Gasteiger partial charge in [0.1, 0.15) is 25.4 Å². The number of alkyl carbamates (subject to hydrolysis) is 1. The van der Waals surface area contributed by atoms with Crippen LogP contribution in [0.4, 0.5) is 4.79 Å². The second-order valence-corrected chi connectivity index (χ2v) is 10.7. The van der Waals surface area contributed by atoms with Crippen LogP contribution in [0.2, 0.25) is 0 Å². The van der Waals surface area contributed by atoms with E-state index in [0.717, 1.165) is 38.7 Å². The molecule has 40 heavy (non-hydrogen) atoms. The van der Waals surface area contributed by atoms with Crippen LogP contribution in [0.5, 0.6) is 0 Å². The van der Waals surface area contributed by atoms with Crippen LogP contribution < -0.4 is 5.32 Å². The highest BCUT2D eigenvalue weighted by atomic mass is 16.7. The van der Waals surface area contributed by atoms with Gasteiger partial charge in [-0.15, -0.1) is 0 Å². The fourth-order valence-corrected chi connectivity index (χ4v) is 5.62. The summed E-state index contributed by atoms with van der Waals surface area (Å²) < 4.78 is 22.6. The molecule has 2 heterocycles. The smallest absolute Gasteiger partial charge is 0.407 e. The minimum atomic E-state index is -0.954. The number of ether oxygens (including phenoxy) is 4. The molecule has 1 aliphatic heterocycles. The van der Waals surface area contributed by atoms with E-state index >= 15 is 0 Å². The number of rotatable bonds is 8. The molecule has 0 saturated carbocycles. The highest BCUT2D eigenvalue weighted by Crippen LogP contribution is 2.44. The van der Waals surface area contributed by atoms with E-state index in [0.29, 0.717) is 6.61 Å². The molecule has 1 aromatic heterocycles. The number of hydrogen-bond acceptors (Lipinski definition) is 6. The van der Waals surface area contributed by atoms with Crippen molar-refractivity contribution in [3.63, 3.8) is 0 Å². The van der Waals surface area contributed by atoms with Crippen LogP contribution in [-0.2, 0) is 30.2 Å². The van der Waals surface area contributed by atoms with Crippen molar-refractivity contribution in [3.05, 3.63) is 95.7 Å². The largest absolute Gasteiger partial charge is 0.461 e. The van der Waals surface area contributed by atoms with Crippen LogP contribution in [0.3, 0.4) is 0 Å². The highest BCUT2D eigenvalue weighted by molar-refractivity contribution is 5.86. The number of para-hydroxylation sites is 1. The number of fused-ring (bicyclic) bond motifs is 4. The van der Waals surface area contributed by atoms with Gasteiger partial charge in [-0.05, 0) is 47.7 Å². The summed E-state index contributed by atoms with van der Waals surface area (Å²) in [6, 6.07) is 23.2. The lowest BCUT2D eigenvalue weighted by Crippen LogP contribution is -2.44. The molecule has 1 amide bonds. The maximum Gasteiger partial charge on any atom is 0.407 e. The van der Waals surface area contributed by atoms with E-state index in [1.54, 1.807) is 0 Å². The summed E-state index contributed by atoms with van der Waals surface area (Å²) in [4.78, 5) is 29.6. The Hall–Kier alpha value is -4.14. The zero-order chi connectivity index (χ0) is 27.7. The Balaban J connectivity index is 1.15. The molecule has 6 rings (SSSR count). The first-order valence-corrected chi connectivity index (χ1v) is 13.5. The third-order valence-corrected chi connectivity index (χ3v) is 7.50. The number of aromatic amines is 1. The zero-order valence-corrected chi connectivity index (χ0v) is 22.5. The average molecular weight is 541 g/mol. The SMILES string of the molecule is CC1(C)OC[C@@H](COC(=O)[C@H](Cc2c[nH]c3ccccc23)NC(=O)OCC2c3ccccc3-c3ccccc32)O1. The van der Waals surface area contributed by atoms with E-state index in [-0.39, 0.29) is 31.7 Å². The third kappa shape index (κ3) is 5.33. The molecule has 8 heteroatoms. The monoisotopic (exact) mass is 540 g/mol. The molecule has 2 atom stereocenters. The van der Waals surface area contributed by atoms with Gasteiger partial charge in [0.2, 0.25) is 0 Å². The first kappa shape index (κ1) is 26.1. The maximum absolute atomic E-state index is 13.2. The predicted octanol–water partition coefficient (Wildman–Crippen LogP) is 5.31. The number of esters is 1. The predicted molar refractivity (Wildman–Crippen MR) is 150 cm³/mol. The maximum atomic E-state index is 13.2. The summed E-state index contributed by atoms with van der Waals surface area (Å²) in [7, 11) is 0. The number of hydrogen-bond donors (Lipinski definition) is 2. The van der Waals surface area contributed by atoms with Crippen LogP contribution in [0.15, 0.2) is 79.0 Å². The van der Waals surface area contributed by atoms with Gasteiger partial charge in [0.05, 0.1) is 6.61 Å². The number of carbonyl (C=O) groups is 2. The van der Waals surface area contributed by atoms with Crippen molar-refractivity contribution in [1.29, 1.82) is 0 Å². The van der Waals surface area contributed by atoms with Crippen LogP contribution in [-0.4, -0.2) is 54.8 Å². The van der Waals surface area contributed by atoms with Gasteiger partial charge in [-0.3, -0.25) is 0 Å². The van der Waals surface area contributed by atoms with E-state index < -0.39 is 23.9 Å². The third-order valence-electron chi connectivity index (χ3n) is 7.50. The van der Waals surface area contributed by atoms with E-state index in [1.807, 2.05) is 68.6 Å². The van der Waals surface area contributed by atoms with Crippen LogP contribution >= 0.6 is 0 Å². The molecular weight excluding hydrogens is 508 g/mol. The minimum Gasteiger partial charge on any atom is -0.461 e. The van der Waals surface area contributed by atoms with Gasteiger partial charge in [-0.2, -0.15) is 0 Å². The molecule has 4 aromatic rings. The number of amides is 1. The fourth-order valence-electron chi connectivity index (χ4n) is 5.62. The van der Waals surface area contributed by atoms with Crippen molar-refractivity contribution >= 4 is 23.0 Å². The highest BCUT2D eigenvalue weighted by Gasteiger charge is 2.35. The van der Waals surface area contributed by atoms with Crippen molar-refractivity contribution < 1.29 is 28.5 Å². The number of carbonyl (C=O) groups excluding carboxylic acids is 2. The van der Waals surface area contributed by atoms with E-state index in [9.17, 15) is 9.59 Å². The Morgan fingerprint density at radius 1 is 0.950 bits per heavy atom. The molecule has 1 saturated heterocycles. The van der Waals surface area contributed by atoms with Gasteiger partial charge >= 0.3 is 12.1 Å². The summed E-state index contributed by atoms with van der Waals surface area (Å²) in [6.07, 6.45) is 1.04. The summed E-state index contributed by atoms with van der Waals surface area (Å²) in [5.41, 5.74) is 6.37. The summed E-state index contributed by atoms with van der Waals surface area (Å²) in [5.74, 6) is -1.37. The first-order chi connectivity index (χ1) is 19.4. The normalized spacial score (nSPS) is 18.2. The summed E-state index contributed by atoms with van der Waals surface area (Å²) in [5, 5.41) is 3.74. The molecule has 0 spiro atoms. The van der Waals surface area contributed by atoms with E-state index in [1.165, 1.54) is 0 Å². The van der Waals surface area contributed by atoms with E-state index in [4.69, 9.17) is 18.9 Å². The van der Waals surface area contributed by atoms with Crippen molar-refractivity contribution in [2.24, 2.45) is 0 Å².